The summed E-state index contributed by atoms with van der Waals surface area (Å²) in [4.78, 5) is 11.2. The Morgan fingerprint density at radius 2 is 1.95 bits per heavy atom. The van der Waals surface area contributed by atoms with E-state index in [0.717, 1.165) is 23.5 Å². The lowest BCUT2D eigenvalue weighted by atomic mass is 10.3. The highest BCUT2D eigenvalue weighted by molar-refractivity contribution is 7.89. The number of ether oxygens (including phenoxy) is 1. The lowest BCUT2D eigenvalue weighted by Crippen LogP contribution is -2.45. The zero-order chi connectivity index (χ0) is 15.8. The molecular weight excluding hydrogens is 304 g/mol. The second-order valence-electron chi connectivity index (χ2n) is 4.84. The summed E-state index contributed by atoms with van der Waals surface area (Å²) in [6.07, 6.45) is 1.23. The first-order valence-corrected chi connectivity index (χ1v) is 7.79. The molecule has 0 unspecified atom stereocenters. The molecule has 1 atom stereocenters. The third-order valence-electron chi connectivity index (χ3n) is 3.30. The van der Waals surface area contributed by atoms with Crippen molar-refractivity contribution in [2.75, 3.05) is 7.11 Å². The van der Waals surface area contributed by atoms with Crippen molar-refractivity contribution >= 4 is 16.0 Å². The number of sulfonamides is 1. The summed E-state index contributed by atoms with van der Waals surface area (Å²) in [6, 6.07) is 0.991. The Balaban J connectivity index is 2.42. The van der Waals surface area contributed by atoms with Gasteiger partial charge in [-0.05, 0) is 38.0 Å². The van der Waals surface area contributed by atoms with Crippen LogP contribution in [-0.4, -0.2) is 37.9 Å². The molecule has 0 N–H and O–H groups in total. The molecule has 0 radical (unpaired) electrons. The molecule has 21 heavy (non-hydrogen) atoms. The van der Waals surface area contributed by atoms with Gasteiger partial charge >= 0.3 is 5.97 Å². The maximum absolute atomic E-state index is 13.3. The molecule has 0 amide bonds. The molecule has 1 fully saturated rings. The smallest absolute Gasteiger partial charge is 0.323 e. The molecule has 8 heteroatoms. The molecule has 1 aliphatic carbocycles. The molecule has 1 aromatic carbocycles. The van der Waals surface area contributed by atoms with Gasteiger partial charge in [-0.15, -0.1) is 0 Å². The number of hydrogen-bond acceptors (Lipinski definition) is 4. The number of esters is 1. The van der Waals surface area contributed by atoms with Crippen LogP contribution in [0.25, 0.3) is 0 Å². The summed E-state index contributed by atoms with van der Waals surface area (Å²) in [6.45, 7) is 1.40. The summed E-state index contributed by atoms with van der Waals surface area (Å²) < 4.78 is 56.9. The molecule has 0 bridgehead atoms. The van der Waals surface area contributed by atoms with Crippen LogP contribution in [0.4, 0.5) is 8.78 Å². The summed E-state index contributed by atoms with van der Waals surface area (Å²) in [7, 11) is -2.94. The van der Waals surface area contributed by atoms with Gasteiger partial charge in [0.05, 0.1) is 12.0 Å². The van der Waals surface area contributed by atoms with Gasteiger partial charge in [-0.3, -0.25) is 4.79 Å². The fourth-order valence-corrected chi connectivity index (χ4v) is 3.92. The van der Waals surface area contributed by atoms with E-state index in [2.05, 4.69) is 4.74 Å². The predicted octanol–water partition coefficient (Wildman–Crippen LogP) is 1.68. The van der Waals surface area contributed by atoms with Gasteiger partial charge in [-0.25, -0.2) is 17.2 Å². The normalized spacial score (nSPS) is 16.8. The van der Waals surface area contributed by atoms with Gasteiger partial charge in [-0.1, -0.05) is 0 Å². The second-order valence-corrected chi connectivity index (χ2v) is 6.68. The maximum atomic E-state index is 13.3. The van der Waals surface area contributed by atoms with Gasteiger partial charge in [0.2, 0.25) is 10.0 Å². The van der Waals surface area contributed by atoms with E-state index in [0.29, 0.717) is 18.9 Å². The van der Waals surface area contributed by atoms with Gasteiger partial charge in [0.1, 0.15) is 6.04 Å². The van der Waals surface area contributed by atoms with E-state index in [-0.39, 0.29) is 10.9 Å². The van der Waals surface area contributed by atoms with Crippen LogP contribution in [0.2, 0.25) is 0 Å². The van der Waals surface area contributed by atoms with E-state index in [4.69, 9.17) is 0 Å². The molecule has 0 saturated heterocycles. The van der Waals surface area contributed by atoms with Gasteiger partial charge in [-0.2, -0.15) is 4.31 Å². The summed E-state index contributed by atoms with van der Waals surface area (Å²) >= 11 is 0. The molecule has 1 aliphatic rings. The van der Waals surface area contributed by atoms with Crippen molar-refractivity contribution in [3.05, 3.63) is 29.8 Å². The summed E-state index contributed by atoms with van der Waals surface area (Å²) in [5, 5.41) is 0. The fraction of sp³-hybridized carbons (Fsp3) is 0.462. The molecular formula is C13H15F2NO4S. The minimum Gasteiger partial charge on any atom is -0.468 e. The first-order chi connectivity index (χ1) is 9.78. The SMILES string of the molecule is COC(=O)[C@H](C)N(C1CC1)S(=O)(=O)c1ccc(F)c(F)c1. The van der Waals surface area contributed by atoms with E-state index < -0.39 is 33.7 Å². The van der Waals surface area contributed by atoms with Gasteiger partial charge < -0.3 is 4.74 Å². The zero-order valence-corrected chi connectivity index (χ0v) is 12.4. The van der Waals surface area contributed by atoms with Crippen molar-refractivity contribution in [3.8, 4) is 0 Å². The largest absolute Gasteiger partial charge is 0.468 e. The minimum absolute atomic E-state index is 0.322. The molecule has 0 aromatic heterocycles. The third kappa shape index (κ3) is 3.06. The zero-order valence-electron chi connectivity index (χ0n) is 11.5. The van der Waals surface area contributed by atoms with E-state index in [1.165, 1.54) is 6.92 Å². The van der Waals surface area contributed by atoms with Gasteiger partial charge in [0, 0.05) is 6.04 Å². The molecule has 116 valence electrons. The van der Waals surface area contributed by atoms with Crippen molar-refractivity contribution in [2.24, 2.45) is 0 Å². The maximum Gasteiger partial charge on any atom is 0.323 e. The molecule has 1 saturated carbocycles. The topological polar surface area (TPSA) is 63.7 Å². The fourth-order valence-electron chi connectivity index (χ4n) is 2.08. The Bertz CT molecular complexity index is 658. The molecule has 0 heterocycles. The van der Waals surface area contributed by atoms with E-state index >= 15 is 0 Å². The number of nitrogens with zero attached hydrogens (tertiary/aromatic N) is 1. The average Bonchev–Trinajstić information content (AvgIpc) is 3.25. The quantitative estimate of drug-likeness (QED) is 0.775. The predicted molar refractivity (Wildman–Crippen MR) is 69.9 cm³/mol. The van der Waals surface area contributed by atoms with Crippen molar-refractivity contribution in [3.63, 3.8) is 0 Å². The highest BCUT2D eigenvalue weighted by atomic mass is 32.2. The number of carbonyl (C=O) groups is 1. The van der Waals surface area contributed by atoms with Crippen LogP contribution in [0.1, 0.15) is 19.8 Å². The van der Waals surface area contributed by atoms with Crippen LogP contribution in [0, 0.1) is 11.6 Å². The average molecular weight is 319 g/mol. The number of benzene rings is 1. The van der Waals surface area contributed by atoms with E-state index in [1.807, 2.05) is 0 Å². The Labute approximate surface area is 121 Å². The van der Waals surface area contributed by atoms with Crippen LogP contribution in [0.3, 0.4) is 0 Å². The van der Waals surface area contributed by atoms with Gasteiger partial charge in [0.25, 0.3) is 0 Å². The first-order valence-electron chi connectivity index (χ1n) is 6.35. The third-order valence-corrected chi connectivity index (χ3v) is 5.32. The van der Waals surface area contributed by atoms with Crippen molar-refractivity contribution in [1.82, 2.24) is 4.31 Å². The Hall–Kier alpha value is -1.54. The Morgan fingerprint density at radius 3 is 2.43 bits per heavy atom. The summed E-state index contributed by atoms with van der Waals surface area (Å²) in [5.74, 6) is -3.08. The lowest BCUT2D eigenvalue weighted by molar-refractivity contribution is -0.144. The van der Waals surface area contributed by atoms with Gasteiger partial charge in [0.15, 0.2) is 11.6 Å². The first kappa shape index (κ1) is 15.8. The van der Waals surface area contributed by atoms with Crippen LogP contribution in [0.15, 0.2) is 23.1 Å². The lowest BCUT2D eigenvalue weighted by Gasteiger charge is -2.26. The van der Waals surface area contributed by atoms with Crippen molar-refractivity contribution < 1.29 is 26.7 Å². The summed E-state index contributed by atoms with van der Waals surface area (Å²) in [5.41, 5.74) is 0. The van der Waals surface area contributed by atoms with E-state index in [1.54, 1.807) is 0 Å². The molecule has 1 aromatic rings. The molecule has 0 aliphatic heterocycles. The molecule has 0 spiro atoms. The number of carbonyl (C=O) groups excluding carboxylic acids is 1. The van der Waals surface area contributed by atoms with Crippen molar-refractivity contribution in [2.45, 2.75) is 36.7 Å². The Morgan fingerprint density at radius 1 is 1.33 bits per heavy atom. The number of halogens is 2. The van der Waals surface area contributed by atoms with Crippen LogP contribution >= 0.6 is 0 Å². The Kier molecular flexibility index (Phi) is 4.29. The van der Waals surface area contributed by atoms with Crippen LogP contribution in [0.5, 0.6) is 0 Å². The van der Waals surface area contributed by atoms with Crippen molar-refractivity contribution in [1.29, 1.82) is 0 Å². The highest BCUT2D eigenvalue weighted by Crippen LogP contribution is 2.34. The molecule has 2 rings (SSSR count). The second kappa shape index (κ2) is 5.69. The number of hydrogen-bond donors (Lipinski definition) is 0. The number of methoxy groups -OCH3 is 1. The standard InChI is InChI=1S/C13H15F2NO4S/c1-8(13(17)20-2)16(9-3-4-9)21(18,19)10-5-6-11(14)12(15)7-10/h5-9H,3-4H2,1-2H3/t8-/m0/s1. The number of rotatable bonds is 5. The van der Waals surface area contributed by atoms with E-state index in [9.17, 15) is 22.0 Å². The highest BCUT2D eigenvalue weighted by Gasteiger charge is 2.44. The van der Waals surface area contributed by atoms with Crippen LogP contribution < -0.4 is 0 Å². The minimum atomic E-state index is -4.11. The molecule has 5 nitrogen and oxygen atoms in total. The monoisotopic (exact) mass is 319 g/mol. The van der Waals surface area contributed by atoms with Crippen LogP contribution in [-0.2, 0) is 19.6 Å².